The van der Waals surface area contributed by atoms with Gasteiger partial charge in [0.15, 0.2) is 0 Å². The van der Waals surface area contributed by atoms with Crippen LogP contribution < -0.4 is 15.4 Å². The molecule has 0 unspecified atom stereocenters. The van der Waals surface area contributed by atoms with Crippen molar-refractivity contribution in [2.75, 3.05) is 15.4 Å². The average Bonchev–Trinajstić information content (AvgIpc) is 2.64. The molecule has 3 N–H and O–H groups in total. The average molecular weight is 366 g/mol. The molecule has 7 nitrogen and oxygen atoms in total. The minimum atomic E-state index is -3.86. The number of halogens is 1. The summed E-state index contributed by atoms with van der Waals surface area (Å²) in [5, 5.41) is 5.53. The van der Waals surface area contributed by atoms with Crippen LogP contribution >= 0.6 is 11.6 Å². The van der Waals surface area contributed by atoms with Crippen molar-refractivity contribution in [3.8, 4) is 0 Å². The molecule has 0 spiro atoms. The number of sulfonamides is 1. The van der Waals surface area contributed by atoms with Gasteiger partial charge in [0.1, 0.15) is 6.42 Å². The molecule has 0 radical (unpaired) electrons. The van der Waals surface area contributed by atoms with Gasteiger partial charge >= 0.3 is 0 Å². The van der Waals surface area contributed by atoms with Gasteiger partial charge < -0.3 is 10.6 Å². The van der Waals surface area contributed by atoms with Crippen LogP contribution in [0.3, 0.4) is 0 Å². The number of carbonyl (C=O) groups is 2. The second kappa shape index (κ2) is 6.14. The van der Waals surface area contributed by atoms with Crippen molar-refractivity contribution >= 4 is 50.5 Å². The molecule has 0 saturated carbocycles. The van der Waals surface area contributed by atoms with Crippen LogP contribution in [0.25, 0.3) is 0 Å². The monoisotopic (exact) mass is 365 g/mol. The van der Waals surface area contributed by atoms with Crippen LogP contribution in [0.2, 0.25) is 5.02 Å². The number of carbonyl (C=O) groups excluding carboxylic acids is 2. The number of nitrogens with one attached hydrogen (secondary N) is 3. The molecule has 2 aromatic rings. The van der Waals surface area contributed by atoms with Crippen molar-refractivity contribution in [1.82, 2.24) is 0 Å². The van der Waals surface area contributed by atoms with Gasteiger partial charge in [-0.2, -0.15) is 0 Å². The Hall–Kier alpha value is -2.58. The Kier molecular flexibility index (Phi) is 4.16. The quantitative estimate of drug-likeness (QED) is 0.726. The largest absolute Gasteiger partial charge is 0.324 e. The molecule has 0 saturated heterocycles. The Balaban J connectivity index is 1.93. The van der Waals surface area contributed by atoms with E-state index in [4.69, 9.17) is 11.6 Å². The van der Waals surface area contributed by atoms with E-state index < -0.39 is 21.8 Å². The van der Waals surface area contributed by atoms with E-state index in [9.17, 15) is 18.0 Å². The fourth-order valence-electron chi connectivity index (χ4n) is 2.17. The zero-order valence-corrected chi connectivity index (χ0v) is 13.7. The Morgan fingerprint density at radius 1 is 0.917 bits per heavy atom. The van der Waals surface area contributed by atoms with Gasteiger partial charge in [0.2, 0.25) is 11.8 Å². The molecule has 1 aliphatic heterocycles. The predicted molar refractivity (Wildman–Crippen MR) is 90.6 cm³/mol. The van der Waals surface area contributed by atoms with Crippen LogP contribution in [0.15, 0.2) is 47.4 Å². The Labute approximate surface area is 143 Å². The van der Waals surface area contributed by atoms with Gasteiger partial charge in [0, 0.05) is 10.7 Å². The van der Waals surface area contributed by atoms with Gasteiger partial charge in [-0.15, -0.1) is 0 Å². The Morgan fingerprint density at radius 3 is 2.21 bits per heavy atom. The smallest absolute Gasteiger partial charge is 0.261 e. The molecule has 2 amide bonds. The standard InChI is InChI=1S/C15H12ClN3O4S/c16-9-1-3-10(4-2-9)19-24(22,23)11-5-6-12-13(7-11)18-15(21)8-14(20)17-12/h1-7,19H,8H2,(H,17,20)(H,18,21). The summed E-state index contributed by atoms with van der Waals surface area (Å²) >= 11 is 5.77. The van der Waals surface area contributed by atoms with Gasteiger partial charge in [0.05, 0.1) is 16.3 Å². The van der Waals surface area contributed by atoms with Crippen LogP contribution in [-0.4, -0.2) is 20.2 Å². The topological polar surface area (TPSA) is 104 Å². The van der Waals surface area contributed by atoms with E-state index in [1.54, 1.807) is 12.1 Å². The highest BCUT2D eigenvalue weighted by molar-refractivity contribution is 7.92. The van der Waals surface area contributed by atoms with Crippen molar-refractivity contribution in [3.63, 3.8) is 0 Å². The maximum atomic E-state index is 12.5. The van der Waals surface area contributed by atoms with Crippen molar-refractivity contribution in [2.24, 2.45) is 0 Å². The highest BCUT2D eigenvalue weighted by Gasteiger charge is 2.21. The molecule has 2 aromatic carbocycles. The van der Waals surface area contributed by atoms with Crippen molar-refractivity contribution in [2.45, 2.75) is 11.3 Å². The molecule has 3 rings (SSSR count). The minimum absolute atomic E-state index is 0.0485. The van der Waals surface area contributed by atoms with Crippen LogP contribution in [0.4, 0.5) is 17.1 Å². The van der Waals surface area contributed by atoms with Gasteiger partial charge in [-0.25, -0.2) is 8.42 Å². The first-order valence-electron chi connectivity index (χ1n) is 6.86. The van der Waals surface area contributed by atoms with E-state index in [0.29, 0.717) is 16.4 Å². The number of hydrogen-bond donors (Lipinski definition) is 3. The molecular weight excluding hydrogens is 354 g/mol. The van der Waals surface area contributed by atoms with Gasteiger partial charge in [-0.1, -0.05) is 11.6 Å². The lowest BCUT2D eigenvalue weighted by atomic mass is 10.2. The van der Waals surface area contributed by atoms with E-state index in [1.807, 2.05) is 0 Å². The van der Waals surface area contributed by atoms with Gasteiger partial charge in [0.25, 0.3) is 10.0 Å². The van der Waals surface area contributed by atoms with E-state index in [-0.39, 0.29) is 17.0 Å². The van der Waals surface area contributed by atoms with E-state index >= 15 is 0 Å². The highest BCUT2D eigenvalue weighted by Crippen LogP contribution is 2.28. The van der Waals surface area contributed by atoms with Gasteiger partial charge in [-0.3, -0.25) is 14.3 Å². The molecule has 0 bridgehead atoms. The minimum Gasteiger partial charge on any atom is -0.324 e. The summed E-state index contributed by atoms with van der Waals surface area (Å²) in [6.07, 6.45) is -0.320. The maximum absolute atomic E-state index is 12.5. The third kappa shape index (κ3) is 3.50. The maximum Gasteiger partial charge on any atom is 0.261 e. The zero-order chi connectivity index (χ0) is 17.3. The summed E-state index contributed by atoms with van der Waals surface area (Å²) in [6, 6.07) is 10.2. The number of amides is 2. The normalized spacial score (nSPS) is 14.2. The fourth-order valence-corrected chi connectivity index (χ4v) is 3.38. The molecule has 0 aromatic heterocycles. The molecular formula is C15H12ClN3O4S. The number of hydrogen-bond acceptors (Lipinski definition) is 4. The molecule has 0 aliphatic carbocycles. The highest BCUT2D eigenvalue weighted by atomic mass is 35.5. The second-order valence-corrected chi connectivity index (χ2v) is 7.21. The third-order valence-electron chi connectivity index (χ3n) is 3.27. The lowest BCUT2D eigenvalue weighted by molar-refractivity contribution is -0.123. The molecule has 124 valence electrons. The van der Waals surface area contributed by atoms with Crippen LogP contribution in [0.1, 0.15) is 6.42 Å². The zero-order valence-electron chi connectivity index (χ0n) is 12.2. The summed E-state index contributed by atoms with van der Waals surface area (Å²) in [5.74, 6) is -0.965. The van der Waals surface area contributed by atoms with E-state index in [2.05, 4.69) is 15.4 Å². The number of rotatable bonds is 3. The second-order valence-electron chi connectivity index (χ2n) is 5.09. The predicted octanol–water partition coefficient (Wildman–Crippen LogP) is 2.42. The summed E-state index contributed by atoms with van der Waals surface area (Å²) < 4.78 is 27.3. The molecule has 24 heavy (non-hydrogen) atoms. The van der Waals surface area contributed by atoms with Crippen LogP contribution in [0, 0.1) is 0 Å². The number of benzene rings is 2. The Bertz CT molecular complexity index is 926. The molecule has 0 atom stereocenters. The summed E-state index contributed by atoms with van der Waals surface area (Å²) in [6.45, 7) is 0. The lowest BCUT2D eigenvalue weighted by Gasteiger charge is -2.12. The molecule has 0 fully saturated rings. The third-order valence-corrected chi connectivity index (χ3v) is 4.90. The van der Waals surface area contributed by atoms with Crippen molar-refractivity contribution in [3.05, 3.63) is 47.5 Å². The first-order valence-corrected chi connectivity index (χ1v) is 8.72. The lowest BCUT2D eigenvalue weighted by Crippen LogP contribution is -2.16. The fraction of sp³-hybridized carbons (Fsp3) is 0.0667. The SMILES string of the molecule is O=C1CC(=O)Nc2cc(S(=O)(=O)Nc3ccc(Cl)cc3)ccc2N1. The molecule has 1 heterocycles. The first-order chi connectivity index (χ1) is 11.3. The van der Waals surface area contributed by atoms with Crippen molar-refractivity contribution in [1.29, 1.82) is 0 Å². The molecule has 9 heteroatoms. The van der Waals surface area contributed by atoms with Crippen LogP contribution in [0.5, 0.6) is 0 Å². The van der Waals surface area contributed by atoms with E-state index in [1.165, 1.54) is 30.3 Å². The molecule has 1 aliphatic rings. The summed E-state index contributed by atoms with van der Waals surface area (Å²) in [5.41, 5.74) is 0.924. The first kappa shape index (κ1) is 16.3. The number of anilines is 3. The summed E-state index contributed by atoms with van der Waals surface area (Å²) in [4.78, 5) is 23.0. The van der Waals surface area contributed by atoms with Crippen molar-refractivity contribution < 1.29 is 18.0 Å². The van der Waals surface area contributed by atoms with E-state index in [0.717, 1.165) is 0 Å². The van der Waals surface area contributed by atoms with Gasteiger partial charge in [-0.05, 0) is 42.5 Å². The number of fused-ring (bicyclic) bond motifs is 1. The summed E-state index contributed by atoms with van der Waals surface area (Å²) in [7, 11) is -3.86. The van der Waals surface area contributed by atoms with Crippen LogP contribution in [-0.2, 0) is 19.6 Å². The Morgan fingerprint density at radius 2 is 1.54 bits per heavy atom.